The van der Waals surface area contributed by atoms with Crippen LogP contribution in [0.15, 0.2) is 18.3 Å². The lowest BCUT2D eigenvalue weighted by atomic mass is 9.99. The summed E-state index contributed by atoms with van der Waals surface area (Å²) in [6.07, 6.45) is 2.46. The summed E-state index contributed by atoms with van der Waals surface area (Å²) >= 11 is 1.06. The van der Waals surface area contributed by atoms with E-state index in [1.54, 1.807) is 13.1 Å². The topological polar surface area (TPSA) is 88.5 Å². The smallest absolute Gasteiger partial charge is 0.286 e. The van der Waals surface area contributed by atoms with E-state index in [0.29, 0.717) is 19.4 Å². The van der Waals surface area contributed by atoms with E-state index < -0.39 is 6.10 Å². The van der Waals surface area contributed by atoms with Gasteiger partial charge in [-0.3, -0.25) is 19.9 Å². The summed E-state index contributed by atoms with van der Waals surface area (Å²) in [4.78, 5) is 27.1. The fraction of sp³-hybridized carbons (Fsp3) is 0.588. The van der Waals surface area contributed by atoms with Crippen LogP contribution in [0, 0.1) is 5.92 Å². The van der Waals surface area contributed by atoms with Crippen molar-refractivity contribution in [1.29, 1.82) is 0 Å². The number of pyridine rings is 1. The first-order valence-electron chi connectivity index (χ1n) is 8.12. The Morgan fingerprint density at radius 1 is 1.33 bits per heavy atom. The highest BCUT2D eigenvalue weighted by Gasteiger charge is 2.33. The van der Waals surface area contributed by atoms with Gasteiger partial charge >= 0.3 is 0 Å². The molecule has 1 aliphatic rings. The molecule has 4 atom stereocenters. The number of imide groups is 1. The number of aliphatic hydroxyl groups is 1. The molecule has 2 heterocycles. The molecule has 1 saturated heterocycles. The molecule has 1 aromatic heterocycles. The number of amides is 2. The molecule has 0 bridgehead atoms. The summed E-state index contributed by atoms with van der Waals surface area (Å²) in [5, 5.41) is 11.2. The number of hydrogen-bond donors (Lipinski definition) is 2. The molecule has 132 valence electrons. The normalized spacial score (nSPS) is 21.4. The van der Waals surface area contributed by atoms with Crippen LogP contribution in [0.25, 0.3) is 0 Å². The minimum atomic E-state index is -0.513. The number of carbonyl (C=O) groups excluding carboxylic acids is 2. The van der Waals surface area contributed by atoms with Gasteiger partial charge < -0.3 is 9.84 Å². The summed E-state index contributed by atoms with van der Waals surface area (Å²) in [5.41, 5.74) is 1.71. The lowest BCUT2D eigenvalue weighted by molar-refractivity contribution is -0.119. The number of hydrogen-bond acceptors (Lipinski definition) is 6. The van der Waals surface area contributed by atoms with Crippen molar-refractivity contribution < 1.29 is 19.4 Å². The summed E-state index contributed by atoms with van der Waals surface area (Å²) < 4.78 is 5.84. The standard InChI is InChI=1S/C17H24N2O4S/c1-10(8-15-16(21)19-17(22)24-15)12(3)23-7-6-14-5-4-13(9-18-14)11(2)20/h4-5,9-12,15,20H,6-8H2,1-3H3,(H,19,21,22)/t10-,11+,12?,15-/m1/s1. The molecule has 6 nitrogen and oxygen atoms in total. The molecule has 7 heteroatoms. The van der Waals surface area contributed by atoms with Crippen LogP contribution in [0.1, 0.15) is 44.6 Å². The molecule has 0 spiro atoms. The predicted octanol–water partition coefficient (Wildman–Crippen LogP) is 2.46. The Bertz CT molecular complexity index is 576. The van der Waals surface area contributed by atoms with Crippen LogP contribution in [0.3, 0.4) is 0 Å². The van der Waals surface area contributed by atoms with Crippen LogP contribution in [0.2, 0.25) is 0 Å². The first kappa shape index (κ1) is 18.9. The second-order valence-corrected chi connectivity index (χ2v) is 7.36. The predicted molar refractivity (Wildman–Crippen MR) is 92.7 cm³/mol. The van der Waals surface area contributed by atoms with Gasteiger partial charge in [-0.15, -0.1) is 0 Å². The van der Waals surface area contributed by atoms with Gasteiger partial charge in [0.25, 0.3) is 5.24 Å². The van der Waals surface area contributed by atoms with Crippen molar-refractivity contribution in [1.82, 2.24) is 10.3 Å². The molecule has 2 N–H and O–H groups in total. The highest BCUT2D eigenvalue weighted by molar-refractivity contribution is 8.15. The maximum atomic E-state index is 11.6. The number of aromatic nitrogens is 1. The molecule has 0 aliphatic carbocycles. The van der Waals surface area contributed by atoms with E-state index in [1.807, 2.05) is 26.0 Å². The van der Waals surface area contributed by atoms with E-state index in [1.165, 1.54) is 0 Å². The number of nitrogens with one attached hydrogen (secondary N) is 1. The Kier molecular flexibility index (Phi) is 6.77. The quantitative estimate of drug-likeness (QED) is 0.747. The van der Waals surface area contributed by atoms with E-state index in [4.69, 9.17) is 4.74 Å². The van der Waals surface area contributed by atoms with Crippen LogP contribution in [-0.2, 0) is 16.0 Å². The molecule has 1 aromatic rings. The van der Waals surface area contributed by atoms with E-state index in [2.05, 4.69) is 10.3 Å². The third-order valence-electron chi connectivity index (χ3n) is 4.22. The number of aliphatic hydroxyl groups excluding tert-OH is 1. The zero-order valence-corrected chi connectivity index (χ0v) is 15.0. The van der Waals surface area contributed by atoms with Crippen LogP contribution in [-0.4, -0.2) is 39.2 Å². The van der Waals surface area contributed by atoms with Crippen molar-refractivity contribution in [3.05, 3.63) is 29.6 Å². The first-order valence-corrected chi connectivity index (χ1v) is 9.00. The fourth-order valence-electron chi connectivity index (χ4n) is 2.42. The Balaban J connectivity index is 1.73. The summed E-state index contributed by atoms with van der Waals surface area (Å²) in [5.74, 6) is -0.0313. The van der Waals surface area contributed by atoms with E-state index >= 15 is 0 Å². The maximum absolute atomic E-state index is 11.6. The van der Waals surface area contributed by atoms with Gasteiger partial charge in [0.15, 0.2) is 0 Å². The molecule has 0 radical (unpaired) electrons. The molecule has 24 heavy (non-hydrogen) atoms. The summed E-state index contributed by atoms with van der Waals surface area (Å²) in [6.45, 7) is 6.25. The van der Waals surface area contributed by atoms with Crippen molar-refractivity contribution in [2.24, 2.45) is 5.92 Å². The van der Waals surface area contributed by atoms with Crippen molar-refractivity contribution in [3.8, 4) is 0 Å². The summed E-state index contributed by atoms with van der Waals surface area (Å²) in [7, 11) is 0. The molecule has 0 saturated carbocycles. The van der Waals surface area contributed by atoms with Gasteiger partial charge in [-0.2, -0.15) is 0 Å². The largest absolute Gasteiger partial charge is 0.389 e. The molecular weight excluding hydrogens is 328 g/mol. The Labute approximate surface area is 146 Å². The van der Waals surface area contributed by atoms with Crippen molar-refractivity contribution in [3.63, 3.8) is 0 Å². The SMILES string of the molecule is CC(OCCc1ccc([C@H](C)O)cn1)[C@H](C)C[C@H]1SC(=O)NC1=O. The van der Waals surface area contributed by atoms with Crippen LogP contribution in [0.4, 0.5) is 4.79 Å². The lowest BCUT2D eigenvalue weighted by Gasteiger charge is -2.21. The number of rotatable bonds is 8. The van der Waals surface area contributed by atoms with Gasteiger partial charge in [-0.25, -0.2) is 0 Å². The van der Waals surface area contributed by atoms with Crippen molar-refractivity contribution in [2.75, 3.05) is 6.61 Å². The monoisotopic (exact) mass is 352 g/mol. The minimum absolute atomic E-state index is 0.00848. The van der Waals surface area contributed by atoms with Gasteiger partial charge in [0.1, 0.15) is 0 Å². The molecule has 2 rings (SSSR count). The zero-order valence-electron chi connectivity index (χ0n) is 14.2. The van der Waals surface area contributed by atoms with Gasteiger partial charge in [0.2, 0.25) is 5.91 Å². The first-order chi connectivity index (χ1) is 11.4. The molecule has 1 aliphatic heterocycles. The van der Waals surface area contributed by atoms with Gasteiger partial charge in [0, 0.05) is 18.3 Å². The van der Waals surface area contributed by atoms with Crippen LogP contribution >= 0.6 is 11.8 Å². The van der Waals surface area contributed by atoms with E-state index in [-0.39, 0.29) is 28.4 Å². The van der Waals surface area contributed by atoms with Crippen LogP contribution in [0.5, 0.6) is 0 Å². The Morgan fingerprint density at radius 2 is 2.08 bits per heavy atom. The van der Waals surface area contributed by atoms with Crippen molar-refractivity contribution >= 4 is 22.9 Å². The Morgan fingerprint density at radius 3 is 2.62 bits per heavy atom. The molecule has 1 fully saturated rings. The minimum Gasteiger partial charge on any atom is -0.389 e. The zero-order chi connectivity index (χ0) is 17.7. The second-order valence-electron chi connectivity index (χ2n) is 6.18. The molecule has 2 amide bonds. The average molecular weight is 352 g/mol. The van der Waals surface area contributed by atoms with E-state index in [0.717, 1.165) is 23.0 Å². The molecule has 1 unspecified atom stereocenters. The average Bonchev–Trinajstić information content (AvgIpc) is 2.85. The van der Waals surface area contributed by atoms with Gasteiger partial charge in [-0.1, -0.05) is 24.8 Å². The van der Waals surface area contributed by atoms with Gasteiger partial charge in [0.05, 0.1) is 24.1 Å². The maximum Gasteiger partial charge on any atom is 0.286 e. The lowest BCUT2D eigenvalue weighted by Crippen LogP contribution is -2.28. The second kappa shape index (κ2) is 8.60. The van der Waals surface area contributed by atoms with Crippen LogP contribution < -0.4 is 5.32 Å². The highest BCUT2D eigenvalue weighted by Crippen LogP contribution is 2.27. The molecular formula is C17H24N2O4S. The number of thioether (sulfide) groups is 1. The third kappa shape index (κ3) is 5.29. The molecule has 0 aromatic carbocycles. The Hall–Kier alpha value is -1.44. The highest BCUT2D eigenvalue weighted by atomic mass is 32.2. The van der Waals surface area contributed by atoms with Gasteiger partial charge in [-0.05, 0) is 37.8 Å². The van der Waals surface area contributed by atoms with Crippen molar-refractivity contribution in [2.45, 2.75) is 51.1 Å². The third-order valence-corrected chi connectivity index (χ3v) is 5.23. The number of carbonyl (C=O) groups is 2. The number of nitrogens with zero attached hydrogens (tertiary/aromatic N) is 1. The number of ether oxygens (including phenoxy) is 1. The summed E-state index contributed by atoms with van der Waals surface area (Å²) in [6, 6.07) is 3.76. The van der Waals surface area contributed by atoms with E-state index in [9.17, 15) is 14.7 Å². The fourth-order valence-corrected chi connectivity index (χ4v) is 3.41.